The van der Waals surface area contributed by atoms with Crippen molar-refractivity contribution in [2.45, 2.75) is 33.6 Å². The molecule has 134 valence electrons. The summed E-state index contributed by atoms with van der Waals surface area (Å²) in [7, 11) is 0. The molecule has 2 aromatic heterocycles. The van der Waals surface area contributed by atoms with Crippen LogP contribution < -0.4 is 5.56 Å². The van der Waals surface area contributed by atoms with Gasteiger partial charge in [-0.15, -0.1) is 11.3 Å². The summed E-state index contributed by atoms with van der Waals surface area (Å²) < 4.78 is 0. The Morgan fingerprint density at radius 2 is 2.08 bits per heavy atom. The van der Waals surface area contributed by atoms with Crippen molar-refractivity contribution in [3.05, 3.63) is 26.6 Å². The predicted octanol–water partition coefficient (Wildman–Crippen LogP) is 1.71. The summed E-state index contributed by atoms with van der Waals surface area (Å²) in [5.74, 6) is -1.02. The van der Waals surface area contributed by atoms with Gasteiger partial charge in [0.25, 0.3) is 5.56 Å². The third-order valence-electron chi connectivity index (χ3n) is 4.95. The molecule has 2 aromatic rings. The van der Waals surface area contributed by atoms with Crippen LogP contribution in [0.2, 0.25) is 0 Å². The normalized spacial score (nSPS) is 20.4. The van der Waals surface area contributed by atoms with Gasteiger partial charge in [0.15, 0.2) is 0 Å². The Bertz CT molecular complexity index is 901. The smallest absolute Gasteiger partial charge is 0.308 e. The Morgan fingerprint density at radius 1 is 1.36 bits per heavy atom. The molecule has 0 aliphatic carbocycles. The van der Waals surface area contributed by atoms with Crippen LogP contribution in [-0.4, -0.2) is 44.9 Å². The highest BCUT2D eigenvalue weighted by atomic mass is 32.1. The molecule has 2 N–H and O–H groups in total. The van der Waals surface area contributed by atoms with Crippen molar-refractivity contribution < 1.29 is 14.7 Å². The van der Waals surface area contributed by atoms with Gasteiger partial charge in [0.2, 0.25) is 5.91 Å². The molecule has 0 aromatic carbocycles. The maximum Gasteiger partial charge on any atom is 0.308 e. The van der Waals surface area contributed by atoms with Gasteiger partial charge in [0.05, 0.1) is 11.3 Å². The number of hydrogen-bond donors (Lipinski definition) is 2. The van der Waals surface area contributed by atoms with Crippen molar-refractivity contribution in [2.24, 2.45) is 11.8 Å². The van der Waals surface area contributed by atoms with Gasteiger partial charge in [-0.05, 0) is 25.3 Å². The average Bonchev–Trinajstić information content (AvgIpc) is 3.06. The number of carbonyl (C=O) groups is 2. The van der Waals surface area contributed by atoms with Crippen molar-refractivity contribution in [1.29, 1.82) is 0 Å². The summed E-state index contributed by atoms with van der Waals surface area (Å²) in [5, 5.41) is 9.78. The lowest BCUT2D eigenvalue weighted by molar-refractivity contribution is -0.142. The van der Waals surface area contributed by atoms with Gasteiger partial charge in [0, 0.05) is 30.8 Å². The first-order valence-corrected chi connectivity index (χ1v) is 9.09. The molecule has 0 bridgehead atoms. The number of hydrogen-bond acceptors (Lipinski definition) is 5. The molecule has 8 heteroatoms. The zero-order valence-corrected chi connectivity index (χ0v) is 15.3. The van der Waals surface area contributed by atoms with Crippen molar-refractivity contribution in [3.63, 3.8) is 0 Å². The Hall–Kier alpha value is -2.22. The largest absolute Gasteiger partial charge is 0.481 e. The molecular weight excluding hydrogens is 342 g/mol. The number of thiophene rings is 1. The van der Waals surface area contributed by atoms with Crippen LogP contribution in [0.15, 0.2) is 4.79 Å². The Kier molecular flexibility index (Phi) is 4.64. The monoisotopic (exact) mass is 363 g/mol. The molecule has 0 unspecified atom stereocenters. The van der Waals surface area contributed by atoms with E-state index < -0.39 is 11.9 Å². The average molecular weight is 363 g/mol. The minimum atomic E-state index is -0.859. The number of aromatic nitrogens is 2. The van der Waals surface area contributed by atoms with E-state index in [-0.39, 0.29) is 30.3 Å². The van der Waals surface area contributed by atoms with Gasteiger partial charge in [-0.25, -0.2) is 4.98 Å². The van der Waals surface area contributed by atoms with E-state index in [9.17, 15) is 14.4 Å². The number of aromatic amines is 1. The van der Waals surface area contributed by atoms with Crippen LogP contribution in [0.5, 0.6) is 0 Å². The Morgan fingerprint density at radius 3 is 2.72 bits per heavy atom. The van der Waals surface area contributed by atoms with E-state index in [1.54, 1.807) is 4.90 Å². The molecule has 3 rings (SSSR count). The lowest BCUT2D eigenvalue weighted by Gasteiger charge is -2.15. The van der Waals surface area contributed by atoms with Crippen LogP contribution >= 0.6 is 11.3 Å². The number of nitrogens with one attached hydrogen (secondary N) is 1. The topological polar surface area (TPSA) is 103 Å². The van der Waals surface area contributed by atoms with Crippen LogP contribution in [0.1, 0.15) is 29.6 Å². The highest BCUT2D eigenvalue weighted by Gasteiger charge is 2.36. The fraction of sp³-hybridized carbons (Fsp3) is 0.529. The Balaban J connectivity index is 1.70. The number of fused-ring (bicyclic) bond motifs is 1. The number of carboxylic acids is 1. The van der Waals surface area contributed by atoms with Crippen molar-refractivity contribution in [3.8, 4) is 0 Å². The zero-order chi connectivity index (χ0) is 18.3. The fourth-order valence-electron chi connectivity index (χ4n) is 3.29. The van der Waals surface area contributed by atoms with Gasteiger partial charge in [-0.2, -0.15) is 0 Å². The van der Waals surface area contributed by atoms with Crippen LogP contribution in [0, 0.1) is 25.7 Å². The fourth-order valence-corrected chi connectivity index (χ4v) is 4.34. The summed E-state index contributed by atoms with van der Waals surface area (Å²) in [5.41, 5.74) is 0.775. The maximum absolute atomic E-state index is 12.4. The van der Waals surface area contributed by atoms with E-state index in [0.717, 1.165) is 10.4 Å². The molecular formula is C17H21N3O4S. The van der Waals surface area contributed by atoms with E-state index in [1.807, 2.05) is 20.8 Å². The van der Waals surface area contributed by atoms with Gasteiger partial charge in [-0.1, -0.05) is 6.92 Å². The summed E-state index contributed by atoms with van der Waals surface area (Å²) in [6, 6.07) is 0. The van der Waals surface area contributed by atoms with Gasteiger partial charge in [-0.3, -0.25) is 14.4 Å². The molecule has 3 heterocycles. The second-order valence-corrected chi connectivity index (χ2v) is 7.90. The lowest BCUT2D eigenvalue weighted by atomic mass is 9.99. The standard InChI is InChI=1S/C17H21N3O4S/c1-8-6-20(7-11(8)17(23)24)13(21)5-4-12-18-15(22)14-9(2)10(3)25-16(14)19-12/h8,11H,4-7H2,1-3H3,(H,23,24)(H,18,19,22)/t8-,11-/m1/s1. The molecule has 1 aliphatic rings. The molecule has 7 nitrogen and oxygen atoms in total. The van der Waals surface area contributed by atoms with Crippen LogP contribution in [0.3, 0.4) is 0 Å². The van der Waals surface area contributed by atoms with E-state index in [2.05, 4.69) is 9.97 Å². The number of aryl methyl sites for hydroxylation is 3. The summed E-state index contributed by atoms with van der Waals surface area (Å²) in [4.78, 5) is 46.4. The minimum absolute atomic E-state index is 0.0483. The highest BCUT2D eigenvalue weighted by Crippen LogP contribution is 2.26. The van der Waals surface area contributed by atoms with Gasteiger partial charge < -0.3 is 15.0 Å². The third kappa shape index (κ3) is 3.30. The number of rotatable bonds is 4. The van der Waals surface area contributed by atoms with Crippen molar-refractivity contribution in [1.82, 2.24) is 14.9 Å². The molecule has 0 radical (unpaired) electrons. The highest BCUT2D eigenvalue weighted by molar-refractivity contribution is 7.18. The first kappa shape index (κ1) is 17.6. The molecule has 1 amide bonds. The van der Waals surface area contributed by atoms with Gasteiger partial charge in [0.1, 0.15) is 10.7 Å². The van der Waals surface area contributed by atoms with Crippen LogP contribution in [0.4, 0.5) is 0 Å². The molecule has 1 aliphatic heterocycles. The number of likely N-dealkylation sites (tertiary alicyclic amines) is 1. The number of nitrogens with zero attached hydrogens (tertiary/aromatic N) is 2. The SMILES string of the molecule is Cc1sc2nc(CCC(=O)N3C[C@@H](C)[C@H](C(=O)O)C3)[nH]c(=O)c2c1C. The number of H-pyrrole nitrogens is 1. The van der Waals surface area contributed by atoms with Crippen LogP contribution in [-0.2, 0) is 16.0 Å². The first-order valence-electron chi connectivity index (χ1n) is 8.27. The molecule has 1 fully saturated rings. The number of carboxylic acid groups (broad SMARTS) is 1. The zero-order valence-electron chi connectivity index (χ0n) is 14.5. The number of aliphatic carboxylic acids is 1. The van der Waals surface area contributed by atoms with Crippen LogP contribution in [0.25, 0.3) is 10.2 Å². The quantitative estimate of drug-likeness (QED) is 0.861. The van der Waals surface area contributed by atoms with Crippen molar-refractivity contribution in [2.75, 3.05) is 13.1 Å². The number of carbonyl (C=O) groups excluding carboxylic acids is 1. The second kappa shape index (κ2) is 6.59. The molecule has 0 spiro atoms. The summed E-state index contributed by atoms with van der Waals surface area (Å²) in [6.07, 6.45) is 0.541. The van der Waals surface area contributed by atoms with Gasteiger partial charge >= 0.3 is 5.97 Å². The third-order valence-corrected chi connectivity index (χ3v) is 6.05. The molecule has 1 saturated heterocycles. The second-order valence-electron chi connectivity index (χ2n) is 6.70. The maximum atomic E-state index is 12.4. The van der Waals surface area contributed by atoms with E-state index in [1.165, 1.54) is 11.3 Å². The first-order chi connectivity index (χ1) is 11.8. The van der Waals surface area contributed by atoms with E-state index >= 15 is 0 Å². The van der Waals surface area contributed by atoms with E-state index in [0.29, 0.717) is 29.0 Å². The summed E-state index contributed by atoms with van der Waals surface area (Å²) >= 11 is 1.48. The lowest BCUT2D eigenvalue weighted by Crippen LogP contribution is -2.30. The molecule has 25 heavy (non-hydrogen) atoms. The minimum Gasteiger partial charge on any atom is -0.481 e. The predicted molar refractivity (Wildman–Crippen MR) is 94.9 cm³/mol. The summed E-state index contributed by atoms with van der Waals surface area (Å²) in [6.45, 7) is 6.42. The Labute approximate surface area is 148 Å². The molecule has 2 atom stereocenters. The van der Waals surface area contributed by atoms with E-state index in [4.69, 9.17) is 5.11 Å². The van der Waals surface area contributed by atoms with Crippen molar-refractivity contribution >= 4 is 33.4 Å². The molecule has 0 saturated carbocycles. The number of amides is 1.